The average molecular weight is 393 g/mol. The third-order valence-corrected chi connectivity index (χ3v) is 5.22. The molecule has 0 spiro atoms. The molecule has 1 N–H and O–H groups in total. The number of nitrogens with one attached hydrogen (secondary N) is 1. The zero-order valence-electron chi connectivity index (χ0n) is 15.3. The Morgan fingerprint density at radius 1 is 1.20 bits per heavy atom. The topological polar surface area (TPSA) is 84.9 Å². The number of methoxy groups -OCH3 is 2. The van der Waals surface area contributed by atoms with Gasteiger partial charge in [-0.15, -0.1) is 0 Å². The van der Waals surface area contributed by atoms with E-state index >= 15 is 0 Å². The lowest BCUT2D eigenvalue weighted by molar-refractivity contribution is -0.120. The molecule has 25 heavy (non-hydrogen) atoms. The first-order valence-corrected chi connectivity index (χ1v) is 9.92. The van der Waals surface area contributed by atoms with Gasteiger partial charge in [0.05, 0.1) is 31.2 Å². The molecular formula is C16H25ClN2O5S. The normalized spacial score (nSPS) is 12.6. The molecule has 0 aliphatic heterocycles. The number of ether oxygens (including phenoxy) is 2. The van der Waals surface area contributed by atoms with Gasteiger partial charge >= 0.3 is 0 Å². The lowest BCUT2D eigenvalue weighted by Crippen LogP contribution is -2.44. The van der Waals surface area contributed by atoms with Crippen molar-refractivity contribution in [2.45, 2.75) is 26.8 Å². The highest BCUT2D eigenvalue weighted by Gasteiger charge is 2.26. The zero-order valence-corrected chi connectivity index (χ0v) is 16.9. The van der Waals surface area contributed by atoms with E-state index in [1.165, 1.54) is 26.4 Å². The van der Waals surface area contributed by atoms with Crippen molar-refractivity contribution in [3.63, 3.8) is 0 Å². The second-order valence-corrected chi connectivity index (χ2v) is 8.34. The van der Waals surface area contributed by atoms with Crippen LogP contribution in [0.4, 0.5) is 5.69 Å². The molecule has 0 saturated heterocycles. The third kappa shape index (κ3) is 5.67. The van der Waals surface area contributed by atoms with Crippen molar-refractivity contribution in [2.24, 2.45) is 5.92 Å². The summed E-state index contributed by atoms with van der Waals surface area (Å²) in [5, 5.41) is 3.06. The number of carbonyl (C=O) groups is 1. The first kappa shape index (κ1) is 21.4. The van der Waals surface area contributed by atoms with Crippen LogP contribution >= 0.6 is 11.6 Å². The van der Waals surface area contributed by atoms with Gasteiger partial charge in [0.1, 0.15) is 18.0 Å². The summed E-state index contributed by atoms with van der Waals surface area (Å²) in [6.07, 6.45) is 1.02. The summed E-state index contributed by atoms with van der Waals surface area (Å²) >= 11 is 6.06. The summed E-state index contributed by atoms with van der Waals surface area (Å²) in [7, 11) is -0.938. The zero-order chi connectivity index (χ0) is 19.4. The van der Waals surface area contributed by atoms with Crippen LogP contribution in [-0.4, -0.2) is 47.4 Å². The Labute approximate surface area is 154 Å². The molecule has 0 saturated carbocycles. The van der Waals surface area contributed by atoms with Gasteiger partial charge in [-0.05, 0) is 12.8 Å². The van der Waals surface area contributed by atoms with E-state index in [2.05, 4.69) is 5.32 Å². The van der Waals surface area contributed by atoms with Crippen LogP contribution < -0.4 is 19.1 Å². The molecule has 142 valence electrons. The van der Waals surface area contributed by atoms with Crippen molar-refractivity contribution in [1.29, 1.82) is 0 Å². The predicted octanol–water partition coefficient (Wildman–Crippen LogP) is 2.28. The van der Waals surface area contributed by atoms with Gasteiger partial charge < -0.3 is 14.8 Å². The van der Waals surface area contributed by atoms with Gasteiger partial charge in [-0.3, -0.25) is 9.10 Å². The largest absolute Gasteiger partial charge is 0.495 e. The number of anilines is 1. The number of hydrogen-bond acceptors (Lipinski definition) is 5. The quantitative estimate of drug-likeness (QED) is 0.733. The van der Waals surface area contributed by atoms with Crippen LogP contribution in [-0.2, 0) is 14.8 Å². The summed E-state index contributed by atoms with van der Waals surface area (Å²) < 4.78 is 35.8. The van der Waals surface area contributed by atoms with Gasteiger partial charge in [-0.1, -0.05) is 25.4 Å². The Hall–Kier alpha value is -1.67. The van der Waals surface area contributed by atoms with Crippen molar-refractivity contribution in [1.82, 2.24) is 5.32 Å². The Morgan fingerprint density at radius 3 is 2.20 bits per heavy atom. The minimum Gasteiger partial charge on any atom is -0.495 e. The molecule has 1 aromatic carbocycles. The monoisotopic (exact) mass is 392 g/mol. The van der Waals surface area contributed by atoms with Crippen LogP contribution in [0.3, 0.4) is 0 Å². The van der Waals surface area contributed by atoms with Crippen molar-refractivity contribution >= 4 is 33.2 Å². The molecule has 0 bridgehead atoms. The van der Waals surface area contributed by atoms with Crippen molar-refractivity contribution in [3.05, 3.63) is 17.2 Å². The van der Waals surface area contributed by atoms with Gasteiger partial charge in [0, 0.05) is 18.2 Å². The van der Waals surface area contributed by atoms with Crippen molar-refractivity contribution < 1.29 is 22.7 Å². The van der Waals surface area contributed by atoms with Gasteiger partial charge in [-0.2, -0.15) is 0 Å². The fraction of sp³-hybridized carbons (Fsp3) is 0.562. The number of sulfonamides is 1. The number of halogens is 1. The molecule has 0 heterocycles. The summed E-state index contributed by atoms with van der Waals surface area (Å²) in [6, 6.07) is 2.79. The first-order valence-electron chi connectivity index (χ1n) is 7.69. The lowest BCUT2D eigenvalue weighted by Gasteiger charge is -2.26. The minimum atomic E-state index is -3.75. The standard InChI is InChI=1S/C16H25ClN2O5S/c1-10(2)11(3)18-16(20)9-19(25(6,21)22)13-8-14(23-4)12(17)7-15(13)24-5/h7-8,10-11H,9H2,1-6H3,(H,18,20)/t11-/m1/s1. The summed E-state index contributed by atoms with van der Waals surface area (Å²) in [4.78, 5) is 12.3. The molecule has 1 atom stereocenters. The van der Waals surface area contributed by atoms with Crippen LogP contribution in [0.1, 0.15) is 20.8 Å². The molecule has 1 rings (SSSR count). The summed E-state index contributed by atoms with van der Waals surface area (Å²) in [5.74, 6) is 0.311. The number of amides is 1. The maximum absolute atomic E-state index is 12.3. The smallest absolute Gasteiger partial charge is 0.240 e. The number of rotatable bonds is 8. The first-order chi connectivity index (χ1) is 11.5. The molecule has 0 unspecified atom stereocenters. The molecule has 0 fully saturated rings. The van der Waals surface area contributed by atoms with Gasteiger partial charge in [-0.25, -0.2) is 8.42 Å². The van der Waals surface area contributed by atoms with Crippen LogP contribution in [0.15, 0.2) is 12.1 Å². The molecule has 0 aliphatic rings. The maximum atomic E-state index is 12.3. The van der Waals surface area contributed by atoms with E-state index in [1.807, 2.05) is 20.8 Å². The lowest BCUT2D eigenvalue weighted by atomic mass is 10.1. The van der Waals surface area contributed by atoms with E-state index in [1.54, 1.807) is 0 Å². The predicted molar refractivity (Wildman–Crippen MR) is 99.2 cm³/mol. The number of benzene rings is 1. The molecular weight excluding hydrogens is 368 g/mol. The SMILES string of the molecule is COc1cc(N(CC(=O)N[C@H](C)C(C)C)S(C)(=O)=O)c(OC)cc1Cl. The fourth-order valence-corrected chi connectivity index (χ4v) is 3.10. The van der Waals surface area contributed by atoms with Gasteiger partial charge in [0.2, 0.25) is 15.9 Å². The number of carbonyl (C=O) groups excluding carboxylic acids is 1. The fourth-order valence-electron chi connectivity index (χ4n) is 2.02. The minimum absolute atomic E-state index is 0.0874. The Bertz CT molecular complexity index is 721. The van der Waals surface area contributed by atoms with Crippen LogP contribution in [0, 0.1) is 5.92 Å². The van der Waals surface area contributed by atoms with E-state index in [4.69, 9.17) is 21.1 Å². The second-order valence-electron chi connectivity index (χ2n) is 6.03. The highest BCUT2D eigenvalue weighted by atomic mass is 35.5. The molecule has 0 aliphatic carbocycles. The molecule has 0 radical (unpaired) electrons. The Kier molecular flexibility index (Phi) is 7.37. The third-order valence-electron chi connectivity index (χ3n) is 3.80. The second kappa shape index (κ2) is 8.62. The summed E-state index contributed by atoms with van der Waals surface area (Å²) in [5.41, 5.74) is 0.179. The van der Waals surface area contributed by atoms with Crippen LogP contribution in [0.2, 0.25) is 5.02 Å². The summed E-state index contributed by atoms with van der Waals surface area (Å²) in [6.45, 7) is 5.41. The highest BCUT2D eigenvalue weighted by Crippen LogP contribution is 2.38. The van der Waals surface area contributed by atoms with Gasteiger partial charge in [0.25, 0.3) is 0 Å². The van der Waals surface area contributed by atoms with E-state index < -0.39 is 15.9 Å². The van der Waals surface area contributed by atoms with Crippen LogP contribution in [0.25, 0.3) is 0 Å². The number of hydrogen-bond donors (Lipinski definition) is 1. The van der Waals surface area contributed by atoms with Crippen molar-refractivity contribution in [2.75, 3.05) is 31.3 Å². The van der Waals surface area contributed by atoms with E-state index in [9.17, 15) is 13.2 Å². The molecule has 0 aromatic heterocycles. The van der Waals surface area contributed by atoms with Crippen LogP contribution in [0.5, 0.6) is 11.5 Å². The maximum Gasteiger partial charge on any atom is 0.240 e. The molecule has 1 aromatic rings. The Balaban J connectivity index is 3.27. The highest BCUT2D eigenvalue weighted by molar-refractivity contribution is 7.92. The molecule has 9 heteroatoms. The average Bonchev–Trinajstić information content (AvgIpc) is 2.51. The van der Waals surface area contributed by atoms with E-state index in [0.717, 1.165) is 10.6 Å². The Morgan fingerprint density at radius 2 is 1.76 bits per heavy atom. The van der Waals surface area contributed by atoms with Crippen molar-refractivity contribution in [3.8, 4) is 11.5 Å². The molecule has 7 nitrogen and oxygen atoms in total. The number of nitrogens with zero attached hydrogens (tertiary/aromatic N) is 1. The van der Waals surface area contributed by atoms with Gasteiger partial charge in [0.15, 0.2) is 0 Å². The van der Waals surface area contributed by atoms with E-state index in [-0.39, 0.29) is 40.7 Å². The molecule has 1 amide bonds. The van der Waals surface area contributed by atoms with E-state index in [0.29, 0.717) is 0 Å².